The number of pyridine rings is 1. The maximum Gasteiger partial charge on any atom is 0.241 e. The smallest absolute Gasteiger partial charge is 0.241 e. The highest BCUT2D eigenvalue weighted by Gasteiger charge is 2.25. The van der Waals surface area contributed by atoms with Crippen molar-refractivity contribution in [1.29, 1.82) is 0 Å². The molecule has 1 amide bonds. The zero-order chi connectivity index (χ0) is 14.4. The molecule has 0 radical (unpaired) electrons. The summed E-state index contributed by atoms with van der Waals surface area (Å²) in [4.78, 5) is 16.3. The van der Waals surface area contributed by atoms with Crippen molar-refractivity contribution in [2.75, 3.05) is 18.5 Å². The summed E-state index contributed by atoms with van der Waals surface area (Å²) < 4.78 is 5.27. The Balaban J connectivity index is 1.90. The highest BCUT2D eigenvalue weighted by molar-refractivity contribution is 5.94. The number of piperidine rings is 1. The molecule has 2 unspecified atom stereocenters. The predicted octanol–water partition coefficient (Wildman–Crippen LogP) is 2.20. The molecule has 5 nitrogen and oxygen atoms in total. The second kappa shape index (κ2) is 7.24. The highest BCUT2D eigenvalue weighted by Crippen LogP contribution is 2.20. The number of anilines is 1. The standard InChI is InChI=1S/C15H23N3O2/c1-3-11-7-8-16-13(9-11)15(19)18-12-5-6-14(17-10-12)20-4-2/h5-6,10-11,13,16H,3-4,7-9H2,1-2H3,(H,18,19). The van der Waals surface area contributed by atoms with Crippen molar-refractivity contribution < 1.29 is 9.53 Å². The van der Waals surface area contributed by atoms with Gasteiger partial charge in [-0.15, -0.1) is 0 Å². The van der Waals surface area contributed by atoms with Crippen molar-refractivity contribution in [3.63, 3.8) is 0 Å². The van der Waals surface area contributed by atoms with E-state index in [1.54, 1.807) is 12.3 Å². The largest absolute Gasteiger partial charge is 0.478 e. The lowest BCUT2D eigenvalue weighted by molar-refractivity contribution is -0.119. The molecule has 1 aliphatic rings. The Morgan fingerprint density at radius 1 is 1.50 bits per heavy atom. The molecule has 0 bridgehead atoms. The molecule has 0 aliphatic carbocycles. The minimum atomic E-state index is -0.0970. The van der Waals surface area contributed by atoms with Crippen molar-refractivity contribution >= 4 is 11.6 Å². The van der Waals surface area contributed by atoms with Gasteiger partial charge in [-0.2, -0.15) is 0 Å². The SMILES string of the molecule is CCOc1ccc(NC(=O)C2CC(CC)CCN2)cn1. The van der Waals surface area contributed by atoms with Crippen LogP contribution in [0.2, 0.25) is 0 Å². The summed E-state index contributed by atoms with van der Waals surface area (Å²) in [6, 6.07) is 3.48. The molecule has 1 aromatic rings. The first-order valence-electron chi connectivity index (χ1n) is 7.36. The summed E-state index contributed by atoms with van der Waals surface area (Å²) in [7, 11) is 0. The van der Waals surface area contributed by atoms with E-state index in [0.717, 1.165) is 25.8 Å². The first-order chi connectivity index (χ1) is 9.72. The Labute approximate surface area is 120 Å². The second-order valence-electron chi connectivity index (χ2n) is 5.11. The molecule has 0 saturated carbocycles. The van der Waals surface area contributed by atoms with Gasteiger partial charge >= 0.3 is 0 Å². The van der Waals surface area contributed by atoms with Crippen LogP contribution in [0.5, 0.6) is 5.88 Å². The van der Waals surface area contributed by atoms with E-state index in [9.17, 15) is 4.79 Å². The van der Waals surface area contributed by atoms with Gasteiger partial charge in [-0.25, -0.2) is 4.98 Å². The molecule has 1 aromatic heterocycles. The van der Waals surface area contributed by atoms with Crippen LogP contribution in [-0.4, -0.2) is 30.1 Å². The summed E-state index contributed by atoms with van der Waals surface area (Å²) in [6.07, 6.45) is 4.83. The minimum absolute atomic E-state index is 0.0223. The van der Waals surface area contributed by atoms with Crippen molar-refractivity contribution in [1.82, 2.24) is 10.3 Å². The molecule has 0 aromatic carbocycles. The number of aromatic nitrogens is 1. The molecule has 1 aliphatic heterocycles. The van der Waals surface area contributed by atoms with Crippen LogP contribution in [0.1, 0.15) is 33.1 Å². The summed E-state index contributed by atoms with van der Waals surface area (Å²) in [5.74, 6) is 1.24. The van der Waals surface area contributed by atoms with Gasteiger partial charge in [0.25, 0.3) is 0 Å². The topological polar surface area (TPSA) is 63.2 Å². The van der Waals surface area contributed by atoms with Crippen LogP contribution < -0.4 is 15.4 Å². The summed E-state index contributed by atoms with van der Waals surface area (Å²) in [5, 5.41) is 6.18. The number of hydrogen-bond acceptors (Lipinski definition) is 4. The van der Waals surface area contributed by atoms with Crippen LogP contribution in [0.4, 0.5) is 5.69 Å². The molecule has 5 heteroatoms. The van der Waals surface area contributed by atoms with Crippen LogP contribution in [0.15, 0.2) is 18.3 Å². The van der Waals surface area contributed by atoms with Gasteiger partial charge in [-0.05, 0) is 38.3 Å². The summed E-state index contributed by atoms with van der Waals surface area (Å²) >= 11 is 0. The third-order valence-corrected chi connectivity index (χ3v) is 3.70. The van der Waals surface area contributed by atoms with E-state index in [2.05, 4.69) is 22.5 Å². The molecule has 2 atom stereocenters. The lowest BCUT2D eigenvalue weighted by Crippen LogP contribution is -2.46. The lowest BCUT2D eigenvalue weighted by atomic mass is 9.90. The second-order valence-corrected chi connectivity index (χ2v) is 5.11. The summed E-state index contributed by atoms with van der Waals surface area (Å²) in [6.45, 7) is 5.60. The normalized spacial score (nSPS) is 22.3. The van der Waals surface area contributed by atoms with Crippen molar-refractivity contribution in [2.24, 2.45) is 5.92 Å². The first kappa shape index (κ1) is 14.8. The number of nitrogens with one attached hydrogen (secondary N) is 2. The Morgan fingerprint density at radius 3 is 3.00 bits per heavy atom. The van der Waals surface area contributed by atoms with Crippen LogP contribution in [-0.2, 0) is 4.79 Å². The molecule has 0 spiro atoms. The lowest BCUT2D eigenvalue weighted by Gasteiger charge is -2.28. The molecule has 110 valence electrons. The molecule has 2 rings (SSSR count). The van der Waals surface area contributed by atoms with Gasteiger partial charge in [-0.3, -0.25) is 4.79 Å². The zero-order valence-electron chi connectivity index (χ0n) is 12.2. The third kappa shape index (κ3) is 3.93. The van der Waals surface area contributed by atoms with E-state index in [-0.39, 0.29) is 11.9 Å². The minimum Gasteiger partial charge on any atom is -0.478 e. The number of ether oxygens (including phenoxy) is 1. The van der Waals surface area contributed by atoms with Gasteiger partial charge in [0.15, 0.2) is 0 Å². The average Bonchev–Trinajstić information content (AvgIpc) is 2.49. The molecular weight excluding hydrogens is 254 g/mol. The molecule has 1 fully saturated rings. The highest BCUT2D eigenvalue weighted by atomic mass is 16.5. The Hall–Kier alpha value is -1.62. The van der Waals surface area contributed by atoms with E-state index >= 15 is 0 Å². The van der Waals surface area contributed by atoms with Crippen LogP contribution in [0.3, 0.4) is 0 Å². The maximum atomic E-state index is 12.2. The number of hydrogen-bond donors (Lipinski definition) is 2. The predicted molar refractivity (Wildman–Crippen MR) is 78.8 cm³/mol. The number of nitrogens with zero attached hydrogens (tertiary/aromatic N) is 1. The fraction of sp³-hybridized carbons (Fsp3) is 0.600. The number of carbonyl (C=O) groups excluding carboxylic acids is 1. The van der Waals surface area contributed by atoms with E-state index in [0.29, 0.717) is 24.1 Å². The maximum absolute atomic E-state index is 12.2. The van der Waals surface area contributed by atoms with E-state index in [1.807, 2.05) is 13.0 Å². The van der Waals surface area contributed by atoms with Crippen molar-refractivity contribution in [2.45, 2.75) is 39.2 Å². The van der Waals surface area contributed by atoms with Crippen LogP contribution >= 0.6 is 0 Å². The average molecular weight is 277 g/mol. The van der Waals surface area contributed by atoms with Gasteiger partial charge < -0.3 is 15.4 Å². The van der Waals surface area contributed by atoms with Crippen molar-refractivity contribution in [3.8, 4) is 5.88 Å². The summed E-state index contributed by atoms with van der Waals surface area (Å²) in [5.41, 5.74) is 0.707. The molecule has 2 heterocycles. The van der Waals surface area contributed by atoms with E-state index in [4.69, 9.17) is 4.74 Å². The Bertz CT molecular complexity index is 433. The molecular formula is C15H23N3O2. The quantitative estimate of drug-likeness (QED) is 0.866. The van der Waals surface area contributed by atoms with Gasteiger partial charge in [0.1, 0.15) is 0 Å². The van der Waals surface area contributed by atoms with Crippen LogP contribution in [0, 0.1) is 5.92 Å². The number of rotatable bonds is 5. The first-order valence-corrected chi connectivity index (χ1v) is 7.36. The monoisotopic (exact) mass is 277 g/mol. The third-order valence-electron chi connectivity index (χ3n) is 3.70. The van der Waals surface area contributed by atoms with Gasteiger partial charge in [0.05, 0.1) is 24.5 Å². The number of carbonyl (C=O) groups is 1. The Morgan fingerprint density at radius 2 is 2.35 bits per heavy atom. The zero-order valence-corrected chi connectivity index (χ0v) is 12.2. The van der Waals surface area contributed by atoms with E-state index < -0.39 is 0 Å². The van der Waals surface area contributed by atoms with Crippen LogP contribution in [0.25, 0.3) is 0 Å². The van der Waals surface area contributed by atoms with E-state index in [1.165, 1.54) is 0 Å². The molecule has 2 N–H and O–H groups in total. The van der Waals surface area contributed by atoms with Gasteiger partial charge in [0, 0.05) is 6.07 Å². The number of amides is 1. The molecule has 1 saturated heterocycles. The fourth-order valence-corrected chi connectivity index (χ4v) is 2.48. The van der Waals surface area contributed by atoms with Gasteiger partial charge in [-0.1, -0.05) is 13.3 Å². The fourth-order valence-electron chi connectivity index (χ4n) is 2.48. The van der Waals surface area contributed by atoms with Gasteiger partial charge in [0.2, 0.25) is 11.8 Å². The Kier molecular flexibility index (Phi) is 5.35. The van der Waals surface area contributed by atoms with Crippen molar-refractivity contribution in [3.05, 3.63) is 18.3 Å². The molecule has 20 heavy (non-hydrogen) atoms.